The highest BCUT2D eigenvalue weighted by atomic mass is 16.7. The van der Waals surface area contributed by atoms with E-state index in [1.165, 1.54) is 12.1 Å². The smallest absolute Gasteiger partial charge is 0.339 e. The molecular formula is C32H54O10. The zero-order chi connectivity index (χ0) is 30.7. The van der Waals surface area contributed by atoms with E-state index in [9.17, 15) is 9.59 Å². The standard InChI is InChI=1S/C32H54O10/c1-5-9-17-35-25-29(37-19-11-7-3)39-21-23-41-31(33)27-15-13-14-16-28(27)32(34)42-24-22-40-30(38-20-12-8-4)26-36-18-10-6-2/h13-16,29-30H,5-12,17-26H2,1-4H3. The van der Waals surface area contributed by atoms with Gasteiger partial charge in [0.05, 0.1) is 37.6 Å². The van der Waals surface area contributed by atoms with Crippen LogP contribution in [0.4, 0.5) is 0 Å². The van der Waals surface area contributed by atoms with Crippen LogP contribution >= 0.6 is 0 Å². The van der Waals surface area contributed by atoms with Crippen LogP contribution in [-0.4, -0.2) is 90.6 Å². The highest BCUT2D eigenvalue weighted by molar-refractivity contribution is 6.03. The summed E-state index contributed by atoms with van der Waals surface area (Å²) in [6.07, 6.45) is 6.83. The van der Waals surface area contributed by atoms with Gasteiger partial charge in [0.2, 0.25) is 0 Å². The lowest BCUT2D eigenvalue weighted by atomic mass is 10.1. The van der Waals surface area contributed by atoms with Crippen LogP contribution in [-0.2, 0) is 37.9 Å². The lowest BCUT2D eigenvalue weighted by Crippen LogP contribution is -2.27. The maximum Gasteiger partial charge on any atom is 0.339 e. The van der Waals surface area contributed by atoms with Crippen molar-refractivity contribution in [2.45, 2.75) is 91.6 Å². The first kappa shape index (κ1) is 37.9. The van der Waals surface area contributed by atoms with Gasteiger partial charge >= 0.3 is 11.9 Å². The van der Waals surface area contributed by atoms with Gasteiger partial charge in [-0.1, -0.05) is 65.5 Å². The summed E-state index contributed by atoms with van der Waals surface area (Å²) in [4.78, 5) is 25.5. The SMILES string of the molecule is CCCCOCC(OCCCC)OCCOC(=O)c1ccccc1C(=O)OCCOC(COCCCC)OCCCC. The second-order valence-electron chi connectivity index (χ2n) is 9.72. The Labute approximate surface area is 252 Å². The molecule has 1 rings (SSSR count). The molecule has 10 nitrogen and oxygen atoms in total. The minimum absolute atomic E-state index is 0.00159. The maximum absolute atomic E-state index is 12.8. The largest absolute Gasteiger partial charge is 0.460 e. The molecule has 0 N–H and O–H groups in total. The molecule has 0 amide bonds. The molecule has 0 aliphatic rings. The van der Waals surface area contributed by atoms with Crippen molar-refractivity contribution < 1.29 is 47.5 Å². The van der Waals surface area contributed by atoms with Gasteiger partial charge < -0.3 is 37.9 Å². The Kier molecular flexibility index (Phi) is 24.0. The number of benzene rings is 1. The van der Waals surface area contributed by atoms with Gasteiger partial charge in [-0.15, -0.1) is 0 Å². The summed E-state index contributed by atoms with van der Waals surface area (Å²) in [6.45, 7) is 11.7. The van der Waals surface area contributed by atoms with Crippen molar-refractivity contribution >= 4 is 11.9 Å². The molecule has 0 fully saturated rings. The number of ether oxygens (including phenoxy) is 8. The van der Waals surface area contributed by atoms with E-state index in [2.05, 4.69) is 27.7 Å². The predicted octanol–water partition coefficient (Wildman–Crippen LogP) is 5.95. The fourth-order valence-electron chi connectivity index (χ4n) is 3.48. The molecule has 42 heavy (non-hydrogen) atoms. The minimum Gasteiger partial charge on any atom is -0.460 e. The molecule has 2 unspecified atom stereocenters. The van der Waals surface area contributed by atoms with E-state index in [1.807, 2.05) is 0 Å². The first-order chi connectivity index (χ1) is 20.6. The number of rotatable bonds is 28. The van der Waals surface area contributed by atoms with E-state index in [4.69, 9.17) is 37.9 Å². The highest BCUT2D eigenvalue weighted by Gasteiger charge is 2.20. The molecule has 2 atom stereocenters. The third-order valence-electron chi connectivity index (χ3n) is 6.00. The van der Waals surface area contributed by atoms with Crippen LogP contribution in [0.3, 0.4) is 0 Å². The molecule has 0 aliphatic carbocycles. The number of esters is 2. The summed E-state index contributed by atoms with van der Waals surface area (Å²) in [7, 11) is 0. The Morgan fingerprint density at radius 3 is 1.26 bits per heavy atom. The maximum atomic E-state index is 12.8. The molecule has 1 aromatic carbocycles. The predicted molar refractivity (Wildman–Crippen MR) is 160 cm³/mol. The van der Waals surface area contributed by atoms with Crippen molar-refractivity contribution in [2.75, 3.05) is 66.1 Å². The van der Waals surface area contributed by atoms with Gasteiger partial charge in [0.25, 0.3) is 0 Å². The number of hydrogen-bond acceptors (Lipinski definition) is 10. The zero-order valence-corrected chi connectivity index (χ0v) is 26.3. The number of carbonyl (C=O) groups is 2. The summed E-state index contributed by atoms with van der Waals surface area (Å²) < 4.78 is 45.0. The Bertz CT molecular complexity index is 738. The first-order valence-electron chi connectivity index (χ1n) is 15.6. The number of unbranched alkanes of at least 4 members (excludes halogenated alkanes) is 4. The normalized spacial score (nSPS) is 12.7. The van der Waals surface area contributed by atoms with Crippen LogP contribution in [0.1, 0.15) is 99.8 Å². The van der Waals surface area contributed by atoms with Crippen LogP contribution in [0, 0.1) is 0 Å². The summed E-state index contributed by atoms with van der Waals surface area (Å²) in [5.74, 6) is -1.28. The second-order valence-corrected chi connectivity index (χ2v) is 9.72. The summed E-state index contributed by atoms with van der Waals surface area (Å²) in [5, 5.41) is 0. The van der Waals surface area contributed by atoms with Crippen molar-refractivity contribution in [1.82, 2.24) is 0 Å². The van der Waals surface area contributed by atoms with Crippen LogP contribution < -0.4 is 0 Å². The lowest BCUT2D eigenvalue weighted by Gasteiger charge is -2.19. The van der Waals surface area contributed by atoms with Gasteiger partial charge in [-0.05, 0) is 37.8 Å². The zero-order valence-electron chi connectivity index (χ0n) is 26.3. The molecule has 0 saturated carbocycles. The van der Waals surface area contributed by atoms with E-state index in [0.29, 0.717) is 39.6 Å². The molecule has 1 aromatic rings. The van der Waals surface area contributed by atoms with Gasteiger partial charge in [-0.3, -0.25) is 0 Å². The van der Waals surface area contributed by atoms with Gasteiger partial charge in [0.1, 0.15) is 13.2 Å². The first-order valence-corrected chi connectivity index (χ1v) is 15.6. The van der Waals surface area contributed by atoms with Crippen molar-refractivity contribution in [2.24, 2.45) is 0 Å². The van der Waals surface area contributed by atoms with Crippen molar-refractivity contribution in [1.29, 1.82) is 0 Å². The molecule has 0 aliphatic heterocycles. The molecule has 0 aromatic heterocycles. The molecule has 0 spiro atoms. The van der Waals surface area contributed by atoms with Crippen LogP contribution in [0.15, 0.2) is 24.3 Å². The van der Waals surface area contributed by atoms with Crippen LogP contribution in [0.2, 0.25) is 0 Å². The summed E-state index contributed by atoms with van der Waals surface area (Å²) >= 11 is 0. The van der Waals surface area contributed by atoms with Crippen LogP contribution in [0.25, 0.3) is 0 Å². The molecular weight excluding hydrogens is 544 g/mol. The quantitative estimate of drug-likeness (QED) is 0.0652. The monoisotopic (exact) mass is 598 g/mol. The Morgan fingerprint density at radius 2 is 0.881 bits per heavy atom. The van der Waals surface area contributed by atoms with Crippen molar-refractivity contribution in [3.63, 3.8) is 0 Å². The highest BCUT2D eigenvalue weighted by Crippen LogP contribution is 2.13. The number of carbonyl (C=O) groups excluding carboxylic acids is 2. The van der Waals surface area contributed by atoms with E-state index in [0.717, 1.165) is 51.4 Å². The third-order valence-corrected chi connectivity index (χ3v) is 6.00. The fourth-order valence-corrected chi connectivity index (χ4v) is 3.48. The second kappa shape index (κ2) is 26.5. The molecule has 0 heterocycles. The average molecular weight is 599 g/mol. The lowest BCUT2D eigenvalue weighted by molar-refractivity contribution is -0.177. The number of hydrogen-bond donors (Lipinski definition) is 0. The van der Waals surface area contributed by atoms with E-state index in [1.54, 1.807) is 12.1 Å². The van der Waals surface area contributed by atoms with Gasteiger partial charge in [0, 0.05) is 26.4 Å². The Morgan fingerprint density at radius 1 is 0.524 bits per heavy atom. The average Bonchev–Trinajstić information content (AvgIpc) is 3.00. The van der Waals surface area contributed by atoms with Crippen molar-refractivity contribution in [3.05, 3.63) is 35.4 Å². The Hall–Kier alpha value is -2.08. The van der Waals surface area contributed by atoms with E-state index >= 15 is 0 Å². The third kappa shape index (κ3) is 18.5. The molecule has 10 heteroatoms. The van der Waals surface area contributed by atoms with Crippen LogP contribution in [0.5, 0.6) is 0 Å². The van der Waals surface area contributed by atoms with Gasteiger partial charge in [0.15, 0.2) is 12.6 Å². The Balaban J connectivity index is 2.51. The molecule has 0 saturated heterocycles. The topological polar surface area (TPSA) is 108 Å². The van der Waals surface area contributed by atoms with Crippen molar-refractivity contribution in [3.8, 4) is 0 Å². The van der Waals surface area contributed by atoms with Gasteiger partial charge in [-0.25, -0.2) is 9.59 Å². The van der Waals surface area contributed by atoms with E-state index in [-0.39, 0.29) is 37.6 Å². The molecule has 242 valence electrons. The fraction of sp³-hybridized carbons (Fsp3) is 0.750. The minimum atomic E-state index is -0.640. The summed E-state index contributed by atoms with van der Waals surface area (Å²) in [5.41, 5.74) is 0.235. The van der Waals surface area contributed by atoms with E-state index < -0.39 is 24.5 Å². The van der Waals surface area contributed by atoms with Gasteiger partial charge in [-0.2, -0.15) is 0 Å². The summed E-state index contributed by atoms with van der Waals surface area (Å²) in [6, 6.07) is 6.38. The molecule has 0 bridgehead atoms. The molecule has 0 radical (unpaired) electrons.